The number of carbonyl (C=O) groups is 1. The molecular formula is C12H16N2O2. The second-order valence-electron chi connectivity index (χ2n) is 4.19. The molecule has 4 nitrogen and oxygen atoms in total. The van der Waals surface area contributed by atoms with E-state index >= 15 is 0 Å². The molecule has 0 aliphatic heterocycles. The van der Waals surface area contributed by atoms with Crippen LogP contribution in [-0.4, -0.2) is 17.6 Å². The highest BCUT2D eigenvalue weighted by atomic mass is 16.5. The first kappa shape index (κ1) is 10.9. The van der Waals surface area contributed by atoms with Gasteiger partial charge in [-0.2, -0.15) is 0 Å². The van der Waals surface area contributed by atoms with Crippen LogP contribution < -0.4 is 5.73 Å². The summed E-state index contributed by atoms with van der Waals surface area (Å²) in [6.45, 7) is 0.495. The number of hydrogen-bond donors (Lipinski definition) is 1. The maximum atomic E-state index is 11.7. The zero-order valence-electron chi connectivity index (χ0n) is 9.19. The van der Waals surface area contributed by atoms with E-state index < -0.39 is 5.97 Å². The summed E-state index contributed by atoms with van der Waals surface area (Å²) in [6, 6.07) is 3.35. The fraction of sp³-hybridized carbons (Fsp3) is 0.500. The molecule has 1 heterocycles. The SMILES string of the molecule is Nc1cccnc1C(=O)OCC1CCCC1. The van der Waals surface area contributed by atoms with Crippen LogP contribution in [0.3, 0.4) is 0 Å². The van der Waals surface area contributed by atoms with Crippen LogP contribution in [0, 0.1) is 5.92 Å². The van der Waals surface area contributed by atoms with Crippen LogP contribution in [0.4, 0.5) is 5.69 Å². The molecule has 0 unspecified atom stereocenters. The Morgan fingerprint density at radius 3 is 2.94 bits per heavy atom. The van der Waals surface area contributed by atoms with E-state index in [0.29, 0.717) is 18.2 Å². The Labute approximate surface area is 94.8 Å². The van der Waals surface area contributed by atoms with Crippen molar-refractivity contribution < 1.29 is 9.53 Å². The zero-order chi connectivity index (χ0) is 11.4. The fourth-order valence-electron chi connectivity index (χ4n) is 2.03. The van der Waals surface area contributed by atoms with Crippen molar-refractivity contribution in [3.8, 4) is 0 Å². The van der Waals surface area contributed by atoms with E-state index in [9.17, 15) is 4.79 Å². The second kappa shape index (κ2) is 4.96. The number of carbonyl (C=O) groups excluding carboxylic acids is 1. The zero-order valence-corrected chi connectivity index (χ0v) is 9.19. The van der Waals surface area contributed by atoms with Crippen LogP contribution in [0.15, 0.2) is 18.3 Å². The Hall–Kier alpha value is -1.58. The molecule has 1 aromatic rings. The topological polar surface area (TPSA) is 65.2 Å². The molecule has 1 fully saturated rings. The molecule has 0 spiro atoms. The van der Waals surface area contributed by atoms with Gasteiger partial charge in [0.1, 0.15) is 0 Å². The van der Waals surface area contributed by atoms with Gasteiger partial charge in [-0.3, -0.25) is 0 Å². The first-order valence-corrected chi connectivity index (χ1v) is 5.65. The van der Waals surface area contributed by atoms with Crippen molar-refractivity contribution in [1.29, 1.82) is 0 Å². The molecule has 4 heteroatoms. The van der Waals surface area contributed by atoms with Crippen LogP contribution >= 0.6 is 0 Å². The number of nitrogen functional groups attached to an aromatic ring is 1. The normalized spacial score (nSPS) is 16.2. The molecule has 1 aromatic heterocycles. The molecule has 1 aliphatic carbocycles. The molecule has 16 heavy (non-hydrogen) atoms. The van der Waals surface area contributed by atoms with Crippen molar-refractivity contribution in [2.75, 3.05) is 12.3 Å². The second-order valence-corrected chi connectivity index (χ2v) is 4.19. The predicted octanol–water partition coefficient (Wildman–Crippen LogP) is 2.01. The van der Waals surface area contributed by atoms with E-state index in [-0.39, 0.29) is 5.69 Å². The van der Waals surface area contributed by atoms with Crippen molar-refractivity contribution >= 4 is 11.7 Å². The lowest BCUT2D eigenvalue weighted by Crippen LogP contribution is -2.14. The fourth-order valence-corrected chi connectivity index (χ4v) is 2.03. The first-order chi connectivity index (χ1) is 7.77. The van der Waals surface area contributed by atoms with Gasteiger partial charge >= 0.3 is 5.97 Å². The summed E-state index contributed by atoms with van der Waals surface area (Å²) < 4.78 is 5.21. The first-order valence-electron chi connectivity index (χ1n) is 5.65. The summed E-state index contributed by atoms with van der Waals surface area (Å²) in [5.41, 5.74) is 6.24. The molecule has 0 bridgehead atoms. The molecule has 0 saturated heterocycles. The monoisotopic (exact) mass is 220 g/mol. The maximum Gasteiger partial charge on any atom is 0.359 e. The summed E-state index contributed by atoms with van der Waals surface area (Å²) in [5, 5.41) is 0. The van der Waals surface area contributed by atoms with Gasteiger partial charge in [0.15, 0.2) is 5.69 Å². The van der Waals surface area contributed by atoms with E-state index in [1.165, 1.54) is 12.8 Å². The van der Waals surface area contributed by atoms with E-state index in [2.05, 4.69) is 4.98 Å². The van der Waals surface area contributed by atoms with Crippen molar-refractivity contribution in [1.82, 2.24) is 4.98 Å². The van der Waals surface area contributed by atoms with E-state index in [1.807, 2.05) is 0 Å². The summed E-state index contributed by atoms with van der Waals surface area (Å²) >= 11 is 0. The highest BCUT2D eigenvalue weighted by Gasteiger charge is 2.18. The van der Waals surface area contributed by atoms with Crippen LogP contribution in [-0.2, 0) is 4.74 Å². The number of nitrogens with two attached hydrogens (primary N) is 1. The standard InChI is InChI=1S/C12H16N2O2/c13-10-6-3-7-14-11(10)12(15)16-8-9-4-1-2-5-9/h3,6-7,9H,1-2,4-5,8,13H2. The Kier molecular flexibility index (Phi) is 3.39. The molecule has 0 aromatic carbocycles. The Bertz CT molecular complexity index is 373. The molecule has 0 radical (unpaired) electrons. The van der Waals surface area contributed by atoms with Gasteiger partial charge in [-0.25, -0.2) is 9.78 Å². The van der Waals surface area contributed by atoms with E-state index in [0.717, 1.165) is 12.8 Å². The average Bonchev–Trinajstić information content (AvgIpc) is 2.79. The number of hydrogen-bond acceptors (Lipinski definition) is 4. The van der Waals surface area contributed by atoms with Gasteiger partial charge in [0.05, 0.1) is 12.3 Å². The third-order valence-electron chi connectivity index (χ3n) is 2.96. The van der Waals surface area contributed by atoms with Crippen molar-refractivity contribution in [3.05, 3.63) is 24.0 Å². The smallest absolute Gasteiger partial charge is 0.359 e. The minimum atomic E-state index is -0.412. The van der Waals surface area contributed by atoms with Gasteiger partial charge in [0.25, 0.3) is 0 Å². The molecule has 1 aliphatic rings. The number of esters is 1. The Morgan fingerprint density at radius 2 is 2.25 bits per heavy atom. The van der Waals surface area contributed by atoms with Gasteiger partial charge in [-0.1, -0.05) is 12.8 Å². The molecule has 86 valence electrons. The van der Waals surface area contributed by atoms with Crippen molar-refractivity contribution in [2.24, 2.45) is 5.92 Å². The number of ether oxygens (including phenoxy) is 1. The van der Waals surface area contributed by atoms with Crippen LogP contribution in [0.1, 0.15) is 36.2 Å². The van der Waals surface area contributed by atoms with Gasteiger partial charge in [0.2, 0.25) is 0 Å². The summed E-state index contributed by atoms with van der Waals surface area (Å²) in [4.78, 5) is 15.6. The van der Waals surface area contributed by atoms with Gasteiger partial charge in [0, 0.05) is 6.20 Å². The average molecular weight is 220 g/mol. The number of nitrogens with zero attached hydrogens (tertiary/aromatic N) is 1. The third kappa shape index (κ3) is 2.51. The Balaban J connectivity index is 1.90. The minimum absolute atomic E-state index is 0.223. The highest BCUT2D eigenvalue weighted by Crippen LogP contribution is 2.25. The summed E-state index contributed by atoms with van der Waals surface area (Å²) in [6.07, 6.45) is 6.35. The van der Waals surface area contributed by atoms with Crippen LogP contribution in [0.25, 0.3) is 0 Å². The van der Waals surface area contributed by atoms with Crippen LogP contribution in [0.2, 0.25) is 0 Å². The predicted molar refractivity (Wildman–Crippen MR) is 60.9 cm³/mol. The van der Waals surface area contributed by atoms with Gasteiger partial charge < -0.3 is 10.5 Å². The van der Waals surface area contributed by atoms with Crippen molar-refractivity contribution in [2.45, 2.75) is 25.7 Å². The van der Waals surface area contributed by atoms with Crippen LogP contribution in [0.5, 0.6) is 0 Å². The molecule has 1 saturated carbocycles. The maximum absolute atomic E-state index is 11.7. The minimum Gasteiger partial charge on any atom is -0.461 e. The molecule has 2 rings (SSSR count). The number of rotatable bonds is 3. The lowest BCUT2D eigenvalue weighted by molar-refractivity contribution is 0.0437. The highest BCUT2D eigenvalue weighted by molar-refractivity contribution is 5.92. The molecule has 0 amide bonds. The quantitative estimate of drug-likeness (QED) is 0.791. The van der Waals surface area contributed by atoms with Gasteiger partial charge in [-0.05, 0) is 30.9 Å². The lowest BCUT2D eigenvalue weighted by Gasteiger charge is -2.10. The molecule has 0 atom stereocenters. The van der Waals surface area contributed by atoms with E-state index in [1.54, 1.807) is 18.3 Å². The third-order valence-corrected chi connectivity index (χ3v) is 2.96. The number of anilines is 1. The number of aromatic nitrogens is 1. The largest absolute Gasteiger partial charge is 0.461 e. The lowest BCUT2D eigenvalue weighted by atomic mass is 10.1. The Morgan fingerprint density at radius 1 is 1.50 bits per heavy atom. The molecular weight excluding hydrogens is 204 g/mol. The van der Waals surface area contributed by atoms with E-state index in [4.69, 9.17) is 10.5 Å². The van der Waals surface area contributed by atoms with Crippen molar-refractivity contribution in [3.63, 3.8) is 0 Å². The summed E-state index contributed by atoms with van der Waals surface area (Å²) in [7, 11) is 0. The van der Waals surface area contributed by atoms with Gasteiger partial charge in [-0.15, -0.1) is 0 Å². The summed E-state index contributed by atoms with van der Waals surface area (Å²) in [5.74, 6) is 0.110. The molecule has 2 N–H and O–H groups in total. The number of pyridine rings is 1.